The van der Waals surface area contributed by atoms with Crippen LogP contribution in [0.25, 0.3) is 11.3 Å². The van der Waals surface area contributed by atoms with Crippen LogP contribution >= 0.6 is 0 Å². The summed E-state index contributed by atoms with van der Waals surface area (Å²) < 4.78 is 40.7. The molecule has 1 aliphatic carbocycles. The number of nitrogens with two attached hydrogens (primary N) is 1. The molecule has 0 aromatic carbocycles. The van der Waals surface area contributed by atoms with Crippen molar-refractivity contribution in [1.29, 1.82) is 0 Å². The van der Waals surface area contributed by atoms with Gasteiger partial charge in [-0.05, 0) is 38.8 Å². The lowest BCUT2D eigenvalue weighted by Gasteiger charge is -2.10. The van der Waals surface area contributed by atoms with Crippen LogP contribution in [0.2, 0.25) is 0 Å². The summed E-state index contributed by atoms with van der Waals surface area (Å²) in [4.78, 5) is 3.67. The molecular weight excluding hydrogens is 293 g/mol. The quantitative estimate of drug-likeness (QED) is 0.932. The van der Waals surface area contributed by atoms with Crippen LogP contribution in [0, 0.1) is 0 Å². The molecule has 0 unspecified atom stereocenters. The Hall–Kier alpha value is -2.05. The number of hydrogen-bond donors (Lipinski definition) is 1. The Bertz CT molecular complexity index is 680. The third-order valence-corrected chi connectivity index (χ3v) is 3.77. The minimum absolute atomic E-state index is 0.160. The minimum atomic E-state index is -4.52. The fourth-order valence-electron chi connectivity index (χ4n) is 2.49. The average Bonchev–Trinajstić information content (AvgIpc) is 3.17. The van der Waals surface area contributed by atoms with E-state index in [2.05, 4.69) is 10.1 Å². The molecule has 0 amide bonds. The first kappa shape index (κ1) is 14.9. The lowest BCUT2D eigenvalue weighted by Crippen LogP contribution is -2.10. The summed E-state index contributed by atoms with van der Waals surface area (Å²) in [5, 5.41) is 4.46. The number of hydrogen-bond acceptors (Lipinski definition) is 3. The molecule has 2 N–H and O–H groups in total. The fraction of sp³-hybridized carbons (Fsp3) is 0.467. The monoisotopic (exact) mass is 310 g/mol. The van der Waals surface area contributed by atoms with Crippen molar-refractivity contribution in [2.75, 3.05) is 5.73 Å². The molecule has 4 nitrogen and oxygen atoms in total. The molecular formula is C15H17F3N4. The van der Waals surface area contributed by atoms with E-state index >= 15 is 0 Å². The van der Waals surface area contributed by atoms with Crippen LogP contribution in [0.15, 0.2) is 18.3 Å². The van der Waals surface area contributed by atoms with Gasteiger partial charge in [-0.3, -0.25) is 4.68 Å². The SMILES string of the molecule is CC(C)n1nc(-c2cnc(N)c(C(F)(F)F)c2)cc1C1CC1. The Morgan fingerprint density at radius 2 is 1.95 bits per heavy atom. The van der Waals surface area contributed by atoms with Crippen molar-refractivity contribution >= 4 is 5.82 Å². The molecule has 1 aliphatic rings. The average molecular weight is 310 g/mol. The highest BCUT2D eigenvalue weighted by atomic mass is 19.4. The van der Waals surface area contributed by atoms with Gasteiger partial charge in [0, 0.05) is 29.4 Å². The van der Waals surface area contributed by atoms with Crippen LogP contribution in [0.1, 0.15) is 49.9 Å². The van der Waals surface area contributed by atoms with Crippen LogP contribution in [-0.2, 0) is 6.18 Å². The first-order chi connectivity index (χ1) is 10.3. The minimum Gasteiger partial charge on any atom is -0.383 e. The summed E-state index contributed by atoms with van der Waals surface area (Å²) in [6.45, 7) is 4.01. The largest absolute Gasteiger partial charge is 0.419 e. The molecule has 0 aliphatic heterocycles. The van der Waals surface area contributed by atoms with E-state index in [0.717, 1.165) is 24.6 Å². The number of anilines is 1. The van der Waals surface area contributed by atoms with E-state index in [1.54, 1.807) is 0 Å². The number of nitrogens with zero attached hydrogens (tertiary/aromatic N) is 3. The number of pyridine rings is 1. The van der Waals surface area contributed by atoms with Crippen molar-refractivity contribution in [2.24, 2.45) is 0 Å². The summed E-state index contributed by atoms with van der Waals surface area (Å²) in [5.41, 5.74) is 6.34. The Kier molecular flexibility index (Phi) is 3.38. The Labute approximate surface area is 126 Å². The van der Waals surface area contributed by atoms with Crippen LogP contribution in [-0.4, -0.2) is 14.8 Å². The second-order valence-corrected chi connectivity index (χ2v) is 5.92. The Balaban J connectivity index is 2.06. The number of nitrogen functional groups attached to an aromatic ring is 1. The van der Waals surface area contributed by atoms with Gasteiger partial charge in [-0.2, -0.15) is 18.3 Å². The number of halogens is 3. The molecule has 0 radical (unpaired) electrons. The van der Waals surface area contributed by atoms with E-state index in [4.69, 9.17) is 5.73 Å². The zero-order chi connectivity index (χ0) is 16.1. The molecule has 2 aromatic rings. The summed E-state index contributed by atoms with van der Waals surface area (Å²) in [5.74, 6) is -0.0468. The molecule has 2 aromatic heterocycles. The highest BCUT2D eigenvalue weighted by Crippen LogP contribution is 2.42. The molecule has 0 atom stereocenters. The first-order valence-corrected chi connectivity index (χ1v) is 7.20. The van der Waals surface area contributed by atoms with Crippen molar-refractivity contribution in [1.82, 2.24) is 14.8 Å². The Morgan fingerprint density at radius 3 is 2.50 bits per heavy atom. The van der Waals surface area contributed by atoms with E-state index in [0.29, 0.717) is 17.2 Å². The topological polar surface area (TPSA) is 56.7 Å². The second kappa shape index (κ2) is 5.00. The molecule has 1 fully saturated rings. The summed E-state index contributed by atoms with van der Waals surface area (Å²) >= 11 is 0. The maximum absolute atomic E-state index is 12.9. The molecule has 0 bridgehead atoms. The summed E-state index contributed by atoms with van der Waals surface area (Å²) in [6, 6.07) is 3.05. The summed E-state index contributed by atoms with van der Waals surface area (Å²) in [6.07, 6.45) is -0.974. The molecule has 0 saturated heterocycles. The van der Waals surface area contributed by atoms with Crippen LogP contribution in [0.3, 0.4) is 0 Å². The molecule has 3 rings (SSSR count). The van der Waals surface area contributed by atoms with Gasteiger partial charge in [0.05, 0.1) is 11.3 Å². The van der Waals surface area contributed by atoms with Gasteiger partial charge in [0.1, 0.15) is 5.82 Å². The van der Waals surface area contributed by atoms with E-state index in [9.17, 15) is 13.2 Å². The molecule has 0 spiro atoms. The van der Waals surface area contributed by atoms with Crippen molar-refractivity contribution in [3.8, 4) is 11.3 Å². The van der Waals surface area contributed by atoms with Crippen LogP contribution < -0.4 is 5.73 Å². The molecule has 22 heavy (non-hydrogen) atoms. The molecule has 7 heteroatoms. The maximum atomic E-state index is 12.9. The van der Waals surface area contributed by atoms with Crippen molar-refractivity contribution in [3.05, 3.63) is 29.6 Å². The van der Waals surface area contributed by atoms with Crippen molar-refractivity contribution < 1.29 is 13.2 Å². The van der Waals surface area contributed by atoms with E-state index < -0.39 is 17.6 Å². The number of rotatable bonds is 3. The Morgan fingerprint density at radius 1 is 1.27 bits per heavy atom. The standard InChI is InChI=1S/C15H17F3N4/c1-8(2)22-13(9-3-4-9)6-12(21-22)10-5-11(15(16,17)18)14(19)20-7-10/h5-9H,3-4H2,1-2H3,(H2,19,20). The number of alkyl halides is 3. The van der Waals surface area contributed by atoms with Crippen LogP contribution in [0.4, 0.5) is 19.0 Å². The van der Waals surface area contributed by atoms with Gasteiger partial charge >= 0.3 is 6.18 Å². The second-order valence-electron chi connectivity index (χ2n) is 5.92. The van der Waals surface area contributed by atoms with Crippen molar-refractivity contribution in [3.63, 3.8) is 0 Å². The maximum Gasteiger partial charge on any atom is 0.419 e. The lowest BCUT2D eigenvalue weighted by molar-refractivity contribution is -0.137. The first-order valence-electron chi connectivity index (χ1n) is 7.20. The third kappa shape index (κ3) is 2.67. The van der Waals surface area contributed by atoms with Crippen LogP contribution in [0.5, 0.6) is 0 Å². The highest BCUT2D eigenvalue weighted by molar-refractivity contribution is 5.63. The molecule has 118 valence electrons. The van der Waals surface area contributed by atoms with Crippen molar-refractivity contribution in [2.45, 2.75) is 44.8 Å². The van der Waals surface area contributed by atoms with Gasteiger partial charge in [-0.15, -0.1) is 0 Å². The van der Waals surface area contributed by atoms with E-state index in [-0.39, 0.29) is 6.04 Å². The molecule has 1 saturated carbocycles. The van der Waals surface area contributed by atoms with Gasteiger partial charge in [0.15, 0.2) is 0 Å². The third-order valence-electron chi connectivity index (χ3n) is 3.77. The van der Waals surface area contributed by atoms with E-state index in [1.807, 2.05) is 24.6 Å². The zero-order valence-corrected chi connectivity index (χ0v) is 12.4. The lowest BCUT2D eigenvalue weighted by atomic mass is 10.1. The van der Waals surface area contributed by atoms with E-state index in [1.165, 1.54) is 6.20 Å². The molecule has 2 heterocycles. The smallest absolute Gasteiger partial charge is 0.383 e. The zero-order valence-electron chi connectivity index (χ0n) is 12.4. The van der Waals surface area contributed by atoms with Gasteiger partial charge in [0.25, 0.3) is 0 Å². The summed E-state index contributed by atoms with van der Waals surface area (Å²) in [7, 11) is 0. The van der Waals surface area contributed by atoms with Gasteiger partial charge in [0.2, 0.25) is 0 Å². The van der Waals surface area contributed by atoms with Gasteiger partial charge < -0.3 is 5.73 Å². The van der Waals surface area contributed by atoms with Gasteiger partial charge in [-0.25, -0.2) is 4.98 Å². The van der Waals surface area contributed by atoms with Gasteiger partial charge in [-0.1, -0.05) is 0 Å². The predicted octanol–water partition coefficient (Wildman–Crippen LogP) is 4.00. The number of aromatic nitrogens is 3. The fourth-order valence-corrected chi connectivity index (χ4v) is 2.49. The highest BCUT2D eigenvalue weighted by Gasteiger charge is 2.34. The predicted molar refractivity (Wildman–Crippen MR) is 77.2 cm³/mol. The normalized spacial score (nSPS) is 15.5.